The molecule has 0 amide bonds. The summed E-state index contributed by atoms with van der Waals surface area (Å²) in [6.45, 7) is 4.92. The van der Waals surface area contributed by atoms with Gasteiger partial charge in [0.15, 0.2) is 5.13 Å². The minimum atomic E-state index is 0. The van der Waals surface area contributed by atoms with Crippen LogP contribution in [-0.4, -0.2) is 29.1 Å². The second-order valence-corrected chi connectivity index (χ2v) is 6.78. The number of ether oxygens (including phenoxy) is 1. The molecule has 2 unspecified atom stereocenters. The zero-order chi connectivity index (χ0) is 13.2. The minimum absolute atomic E-state index is 0. The number of nitrogens with zero attached hydrogens (tertiary/aromatic N) is 2. The van der Waals surface area contributed by atoms with E-state index in [0.29, 0.717) is 5.13 Å². The van der Waals surface area contributed by atoms with Crippen LogP contribution < -0.4 is 5.73 Å². The molecule has 3 rings (SSSR count). The largest absolute Gasteiger partial charge is 0.375 e. The van der Waals surface area contributed by atoms with Crippen molar-refractivity contribution in [3.8, 4) is 0 Å². The van der Waals surface area contributed by atoms with Gasteiger partial charge in [0, 0.05) is 30.7 Å². The molecular formula is C13H18ClN3OS2. The molecule has 3 heterocycles. The Morgan fingerprint density at radius 2 is 2.35 bits per heavy atom. The second kappa shape index (κ2) is 6.87. The first-order valence-corrected chi connectivity index (χ1v) is 8.06. The van der Waals surface area contributed by atoms with Gasteiger partial charge in [-0.3, -0.25) is 4.90 Å². The number of rotatable bonds is 3. The summed E-state index contributed by atoms with van der Waals surface area (Å²) in [5, 5.41) is 4.92. The van der Waals surface area contributed by atoms with Crippen molar-refractivity contribution in [2.45, 2.75) is 25.7 Å². The van der Waals surface area contributed by atoms with Crippen LogP contribution in [0, 0.1) is 0 Å². The molecule has 0 aromatic carbocycles. The highest BCUT2D eigenvalue weighted by Gasteiger charge is 2.26. The van der Waals surface area contributed by atoms with Gasteiger partial charge in [-0.05, 0) is 29.3 Å². The van der Waals surface area contributed by atoms with Gasteiger partial charge >= 0.3 is 0 Å². The van der Waals surface area contributed by atoms with Gasteiger partial charge < -0.3 is 10.5 Å². The summed E-state index contributed by atoms with van der Waals surface area (Å²) < 4.78 is 6.03. The fourth-order valence-corrected chi connectivity index (χ4v) is 3.85. The van der Waals surface area contributed by atoms with Gasteiger partial charge in [0.25, 0.3) is 0 Å². The van der Waals surface area contributed by atoms with Gasteiger partial charge in [-0.2, -0.15) is 11.3 Å². The molecule has 2 atom stereocenters. The maximum atomic E-state index is 6.03. The van der Waals surface area contributed by atoms with Gasteiger partial charge in [0.1, 0.15) is 0 Å². The number of hydrogen-bond donors (Lipinski definition) is 1. The van der Waals surface area contributed by atoms with Gasteiger partial charge in [-0.1, -0.05) is 0 Å². The normalized spacial score (nSPS) is 23.4. The van der Waals surface area contributed by atoms with Gasteiger partial charge in [0.05, 0.1) is 12.2 Å². The molecule has 2 aromatic rings. The quantitative estimate of drug-likeness (QED) is 0.938. The molecule has 1 aliphatic heterocycles. The molecule has 1 aliphatic rings. The van der Waals surface area contributed by atoms with Crippen molar-refractivity contribution < 1.29 is 4.74 Å². The number of anilines is 1. The van der Waals surface area contributed by atoms with E-state index < -0.39 is 0 Å². The molecule has 1 fully saturated rings. The number of nitrogens with two attached hydrogens (primary N) is 1. The first kappa shape index (κ1) is 15.7. The second-order valence-electron chi connectivity index (χ2n) is 4.85. The predicted octanol–water partition coefficient (Wildman–Crippen LogP) is 3.17. The molecule has 7 heteroatoms. The zero-order valence-electron chi connectivity index (χ0n) is 11.2. The van der Waals surface area contributed by atoms with E-state index in [9.17, 15) is 0 Å². The van der Waals surface area contributed by atoms with E-state index >= 15 is 0 Å². The van der Waals surface area contributed by atoms with E-state index in [2.05, 4.69) is 33.6 Å². The smallest absolute Gasteiger partial charge is 0.180 e. The van der Waals surface area contributed by atoms with Gasteiger partial charge in [0.2, 0.25) is 0 Å². The highest BCUT2D eigenvalue weighted by molar-refractivity contribution is 7.15. The number of thiophene rings is 1. The lowest BCUT2D eigenvalue weighted by atomic mass is 10.1. The third-order valence-corrected chi connectivity index (χ3v) is 4.71. The summed E-state index contributed by atoms with van der Waals surface area (Å²) in [6.07, 6.45) is 2.31. The molecule has 1 saturated heterocycles. The lowest BCUT2D eigenvalue weighted by Gasteiger charge is -2.36. The van der Waals surface area contributed by atoms with Crippen molar-refractivity contribution >= 4 is 40.2 Å². The van der Waals surface area contributed by atoms with Crippen molar-refractivity contribution in [2.75, 3.05) is 18.8 Å². The Hall–Kier alpha value is -0.660. The third kappa shape index (κ3) is 3.71. The highest BCUT2D eigenvalue weighted by atomic mass is 35.5. The molecule has 0 radical (unpaired) electrons. The van der Waals surface area contributed by atoms with Crippen molar-refractivity contribution in [3.05, 3.63) is 33.5 Å². The van der Waals surface area contributed by atoms with Crippen LogP contribution in [0.4, 0.5) is 5.13 Å². The molecule has 2 aromatic heterocycles. The number of aromatic nitrogens is 1. The molecule has 0 bridgehead atoms. The zero-order valence-corrected chi connectivity index (χ0v) is 13.6. The average Bonchev–Trinajstić information content (AvgIpc) is 3.00. The van der Waals surface area contributed by atoms with E-state index in [-0.39, 0.29) is 24.6 Å². The molecule has 0 aliphatic carbocycles. The highest BCUT2D eigenvalue weighted by Crippen LogP contribution is 2.28. The molecule has 2 N–H and O–H groups in total. The predicted molar refractivity (Wildman–Crippen MR) is 86.7 cm³/mol. The van der Waals surface area contributed by atoms with Crippen LogP contribution in [-0.2, 0) is 11.3 Å². The Labute approximate surface area is 133 Å². The number of hydrogen-bond acceptors (Lipinski definition) is 6. The van der Waals surface area contributed by atoms with E-state index in [1.807, 2.05) is 6.20 Å². The van der Waals surface area contributed by atoms with E-state index in [1.54, 1.807) is 22.7 Å². The number of nitrogen functional groups attached to an aromatic ring is 1. The topological polar surface area (TPSA) is 51.4 Å². The van der Waals surface area contributed by atoms with Gasteiger partial charge in [-0.25, -0.2) is 4.98 Å². The maximum absolute atomic E-state index is 6.03. The summed E-state index contributed by atoms with van der Waals surface area (Å²) in [5.74, 6) is 0. The van der Waals surface area contributed by atoms with Crippen molar-refractivity contribution in [1.29, 1.82) is 0 Å². The van der Waals surface area contributed by atoms with Crippen molar-refractivity contribution in [3.63, 3.8) is 0 Å². The standard InChI is InChI=1S/C13H17N3OS2.ClH/c1-9-5-16(6-11-4-15-13(14)19-11)7-12(17-9)10-2-3-18-8-10;/h2-4,8-9,12H,5-7H2,1H3,(H2,14,15);1H. The monoisotopic (exact) mass is 331 g/mol. The Morgan fingerprint density at radius 1 is 1.50 bits per heavy atom. The molecule has 110 valence electrons. The van der Waals surface area contributed by atoms with Gasteiger partial charge in [-0.15, -0.1) is 23.7 Å². The molecule has 4 nitrogen and oxygen atoms in total. The molecule has 20 heavy (non-hydrogen) atoms. The summed E-state index contributed by atoms with van der Waals surface area (Å²) in [4.78, 5) is 7.75. The van der Waals surface area contributed by atoms with E-state index in [1.165, 1.54) is 10.4 Å². The fraction of sp³-hybridized carbons (Fsp3) is 0.462. The molecular weight excluding hydrogens is 314 g/mol. The average molecular weight is 332 g/mol. The number of thiazole rings is 1. The van der Waals surface area contributed by atoms with Crippen LogP contribution in [0.5, 0.6) is 0 Å². The van der Waals surface area contributed by atoms with Crippen LogP contribution in [0.25, 0.3) is 0 Å². The van der Waals surface area contributed by atoms with E-state index in [0.717, 1.165) is 19.6 Å². The summed E-state index contributed by atoms with van der Waals surface area (Å²) in [5.41, 5.74) is 6.96. The summed E-state index contributed by atoms with van der Waals surface area (Å²) in [6, 6.07) is 2.15. The lowest BCUT2D eigenvalue weighted by molar-refractivity contribution is -0.0810. The first-order chi connectivity index (χ1) is 9.20. The third-order valence-electron chi connectivity index (χ3n) is 3.20. The first-order valence-electron chi connectivity index (χ1n) is 6.31. The Balaban J connectivity index is 0.00000147. The van der Waals surface area contributed by atoms with E-state index in [4.69, 9.17) is 10.5 Å². The molecule has 0 spiro atoms. The maximum Gasteiger partial charge on any atom is 0.180 e. The summed E-state index contributed by atoms with van der Waals surface area (Å²) in [7, 11) is 0. The lowest BCUT2D eigenvalue weighted by Crippen LogP contribution is -2.42. The Morgan fingerprint density at radius 3 is 3.00 bits per heavy atom. The SMILES string of the molecule is CC1CN(Cc2cnc(N)s2)CC(c2ccsc2)O1.Cl. The van der Waals surface area contributed by atoms with Crippen molar-refractivity contribution in [2.24, 2.45) is 0 Å². The molecule has 0 saturated carbocycles. The Kier molecular flexibility index (Phi) is 5.40. The van der Waals surface area contributed by atoms with Crippen LogP contribution >= 0.6 is 35.1 Å². The Bertz CT molecular complexity index is 531. The number of morpholine rings is 1. The van der Waals surface area contributed by atoms with Crippen LogP contribution in [0.15, 0.2) is 23.0 Å². The van der Waals surface area contributed by atoms with Crippen LogP contribution in [0.3, 0.4) is 0 Å². The van der Waals surface area contributed by atoms with Crippen LogP contribution in [0.2, 0.25) is 0 Å². The number of halogens is 1. The van der Waals surface area contributed by atoms with Crippen molar-refractivity contribution in [1.82, 2.24) is 9.88 Å². The minimum Gasteiger partial charge on any atom is -0.375 e. The summed E-state index contributed by atoms with van der Waals surface area (Å²) >= 11 is 3.29. The fourth-order valence-electron chi connectivity index (χ4n) is 2.43. The van der Waals surface area contributed by atoms with Crippen LogP contribution in [0.1, 0.15) is 23.5 Å².